The van der Waals surface area contributed by atoms with Gasteiger partial charge < -0.3 is 33.2 Å². The molecule has 12 nitrogen and oxygen atoms in total. The lowest BCUT2D eigenvalue weighted by Crippen LogP contribution is -2.59. The van der Waals surface area contributed by atoms with E-state index in [4.69, 9.17) is 33.2 Å². The van der Waals surface area contributed by atoms with Gasteiger partial charge in [0.25, 0.3) is 0 Å². The van der Waals surface area contributed by atoms with Crippen LogP contribution in [0, 0.1) is 23.7 Å². The number of anilines is 1. The lowest BCUT2D eigenvalue weighted by molar-refractivity contribution is -0.307. The number of hydrogen-bond donors (Lipinski definition) is 1. The third kappa shape index (κ3) is 5.24. The number of amides is 1. The van der Waals surface area contributed by atoms with Gasteiger partial charge in [-0.2, -0.15) is 0 Å². The van der Waals surface area contributed by atoms with E-state index in [9.17, 15) is 4.79 Å². The molecule has 1 aromatic heterocycles. The highest BCUT2D eigenvalue weighted by Crippen LogP contribution is 2.63. The quantitative estimate of drug-likeness (QED) is 0.290. The number of nitrogens with one attached hydrogen (secondary N) is 1. The fourth-order valence-electron chi connectivity index (χ4n) is 9.55. The summed E-state index contributed by atoms with van der Waals surface area (Å²) >= 11 is 0. The van der Waals surface area contributed by atoms with Gasteiger partial charge in [-0.05, 0) is 81.4 Å². The summed E-state index contributed by atoms with van der Waals surface area (Å²) < 4.78 is 43.7. The zero-order valence-corrected chi connectivity index (χ0v) is 28.0. The highest BCUT2D eigenvalue weighted by molar-refractivity contribution is 5.88. The van der Waals surface area contributed by atoms with Crippen molar-refractivity contribution in [2.45, 2.75) is 75.3 Å². The molecule has 5 saturated carbocycles. The first kappa shape index (κ1) is 31.3. The molecule has 6 aliphatic rings. The van der Waals surface area contributed by atoms with E-state index in [0.29, 0.717) is 64.9 Å². The molecule has 2 spiro atoms. The first-order valence-electron chi connectivity index (χ1n) is 17.1. The van der Waals surface area contributed by atoms with E-state index < -0.39 is 17.5 Å². The van der Waals surface area contributed by atoms with Crippen LogP contribution in [0.4, 0.5) is 10.5 Å². The van der Waals surface area contributed by atoms with Crippen molar-refractivity contribution < 1.29 is 38.0 Å². The van der Waals surface area contributed by atoms with Crippen molar-refractivity contribution >= 4 is 11.8 Å². The molecular weight excluding hydrogens is 616 g/mol. The monoisotopic (exact) mass is 660 g/mol. The summed E-state index contributed by atoms with van der Waals surface area (Å²) in [6.07, 6.45) is 10.4. The standard InChI is InChI=1S/C36H44N4O8/c1-42-30-8-7-23(29-19-37-39-40(29)26-16-31(43-2)33(45-4)32(17-26)44-3)15-28(30)38-34(41)47-27-6-5-9-35(18-27)20-46-36(48-35)24-11-21-10-22(13-24)14-25(36)12-21/h7-8,15-17,19,21-22,24-25,27H,5-6,9-14,18,20H2,1-4H3,(H,38,41). The number of nitrogens with zero attached hydrogens (tertiary/aromatic N) is 3. The number of methoxy groups -OCH3 is 4. The van der Waals surface area contributed by atoms with Crippen LogP contribution in [0.2, 0.25) is 0 Å². The van der Waals surface area contributed by atoms with Crippen molar-refractivity contribution in [3.63, 3.8) is 0 Å². The SMILES string of the molecule is COc1ccc(-c2cnnn2-c2cc(OC)c(OC)c(OC)c2)cc1NC(=O)OC1CCCC2(COC3(O2)C2CC4CC(C2)CC3C4)C1. The number of ether oxygens (including phenoxy) is 7. The Balaban J connectivity index is 0.980. The minimum absolute atomic E-state index is 0.269. The van der Waals surface area contributed by atoms with Gasteiger partial charge in [0.15, 0.2) is 17.3 Å². The Morgan fingerprint density at radius 3 is 2.29 bits per heavy atom. The molecule has 2 unspecified atom stereocenters. The van der Waals surface area contributed by atoms with Gasteiger partial charge in [-0.25, -0.2) is 9.48 Å². The molecule has 48 heavy (non-hydrogen) atoms. The first-order valence-corrected chi connectivity index (χ1v) is 17.1. The summed E-state index contributed by atoms with van der Waals surface area (Å²) in [6.45, 7) is 0.584. The molecule has 4 bridgehead atoms. The molecule has 0 radical (unpaired) electrons. The Hall–Kier alpha value is -4.03. The van der Waals surface area contributed by atoms with Crippen LogP contribution in [-0.2, 0) is 14.2 Å². The molecule has 1 N–H and O–H groups in total. The van der Waals surface area contributed by atoms with Gasteiger partial charge in [0.05, 0.1) is 63.9 Å². The molecule has 2 aromatic carbocycles. The molecule has 12 heteroatoms. The Bertz CT molecular complexity index is 1640. The fraction of sp³-hybridized carbons (Fsp3) is 0.583. The lowest BCUT2D eigenvalue weighted by Gasteiger charge is -2.58. The van der Waals surface area contributed by atoms with Crippen LogP contribution in [0.1, 0.15) is 57.8 Å². The van der Waals surface area contributed by atoms with Gasteiger partial charge >= 0.3 is 6.09 Å². The Morgan fingerprint density at radius 2 is 1.62 bits per heavy atom. The molecule has 1 amide bonds. The van der Waals surface area contributed by atoms with Crippen molar-refractivity contribution in [2.24, 2.45) is 23.7 Å². The van der Waals surface area contributed by atoms with E-state index >= 15 is 0 Å². The highest BCUT2D eigenvalue weighted by Gasteiger charge is 2.65. The van der Waals surface area contributed by atoms with E-state index in [-0.39, 0.29) is 6.10 Å². The molecule has 5 aliphatic carbocycles. The lowest BCUT2D eigenvalue weighted by atomic mass is 9.53. The Labute approximate surface area is 280 Å². The van der Waals surface area contributed by atoms with E-state index in [1.807, 2.05) is 12.1 Å². The number of carbonyl (C=O) groups is 1. The van der Waals surface area contributed by atoms with Crippen molar-refractivity contribution in [3.05, 3.63) is 36.5 Å². The number of rotatable bonds is 8. The molecular formula is C36H44N4O8. The fourth-order valence-corrected chi connectivity index (χ4v) is 9.55. The largest absolute Gasteiger partial charge is 0.495 e. The third-order valence-corrected chi connectivity index (χ3v) is 11.4. The van der Waals surface area contributed by atoms with E-state index in [2.05, 4.69) is 15.6 Å². The minimum atomic E-state index is -0.535. The number of benzene rings is 2. The van der Waals surface area contributed by atoms with Crippen molar-refractivity contribution in [1.29, 1.82) is 0 Å². The second-order valence-electron chi connectivity index (χ2n) is 14.2. The number of aromatic nitrogens is 3. The summed E-state index contributed by atoms with van der Waals surface area (Å²) in [5.41, 5.74) is 2.15. The van der Waals surface area contributed by atoms with E-state index in [0.717, 1.165) is 36.7 Å². The average molecular weight is 661 g/mol. The molecule has 2 heterocycles. The van der Waals surface area contributed by atoms with Gasteiger partial charge in [0.1, 0.15) is 11.9 Å². The van der Waals surface area contributed by atoms with Crippen LogP contribution in [0.15, 0.2) is 36.5 Å². The Morgan fingerprint density at radius 1 is 0.917 bits per heavy atom. The summed E-state index contributed by atoms with van der Waals surface area (Å²) in [6, 6.07) is 9.08. The van der Waals surface area contributed by atoms with Crippen LogP contribution < -0.4 is 24.3 Å². The number of hydrogen-bond acceptors (Lipinski definition) is 10. The zero-order valence-electron chi connectivity index (χ0n) is 28.0. The van der Waals surface area contributed by atoms with Gasteiger partial charge in [-0.1, -0.05) is 5.21 Å². The van der Waals surface area contributed by atoms with Gasteiger partial charge in [0.2, 0.25) is 5.75 Å². The van der Waals surface area contributed by atoms with Crippen molar-refractivity contribution in [1.82, 2.24) is 15.0 Å². The second-order valence-corrected chi connectivity index (χ2v) is 14.2. The number of carbonyl (C=O) groups excluding carboxylic acids is 1. The smallest absolute Gasteiger partial charge is 0.412 e. The molecule has 3 aromatic rings. The summed E-state index contributed by atoms with van der Waals surface area (Å²) in [5, 5.41) is 11.4. The van der Waals surface area contributed by atoms with Crippen LogP contribution in [0.5, 0.6) is 23.0 Å². The van der Waals surface area contributed by atoms with Crippen LogP contribution in [0.25, 0.3) is 16.9 Å². The second kappa shape index (κ2) is 12.1. The van der Waals surface area contributed by atoms with E-state index in [1.165, 1.54) is 32.1 Å². The first-order chi connectivity index (χ1) is 23.4. The van der Waals surface area contributed by atoms with Crippen LogP contribution >= 0.6 is 0 Å². The Kier molecular flexibility index (Phi) is 7.90. The maximum Gasteiger partial charge on any atom is 0.412 e. The van der Waals surface area contributed by atoms with Crippen LogP contribution in [0.3, 0.4) is 0 Å². The molecule has 1 aliphatic heterocycles. The predicted octanol–water partition coefficient (Wildman–Crippen LogP) is 6.40. The van der Waals surface area contributed by atoms with E-state index in [1.54, 1.807) is 57.5 Å². The maximum absolute atomic E-state index is 13.4. The molecule has 9 rings (SSSR count). The van der Waals surface area contributed by atoms with Crippen molar-refractivity contribution in [3.8, 4) is 39.9 Å². The van der Waals surface area contributed by atoms with Crippen LogP contribution in [-0.4, -0.2) is 73.6 Å². The zero-order chi connectivity index (χ0) is 33.0. The van der Waals surface area contributed by atoms with Gasteiger partial charge in [-0.3, -0.25) is 5.32 Å². The van der Waals surface area contributed by atoms with Gasteiger partial charge in [-0.15, -0.1) is 5.10 Å². The molecule has 256 valence electrons. The molecule has 2 atom stereocenters. The minimum Gasteiger partial charge on any atom is -0.495 e. The van der Waals surface area contributed by atoms with Crippen molar-refractivity contribution in [2.75, 3.05) is 40.4 Å². The normalized spacial score (nSPS) is 31.6. The highest BCUT2D eigenvalue weighted by atomic mass is 16.8. The maximum atomic E-state index is 13.4. The summed E-state index contributed by atoms with van der Waals surface area (Å²) in [5.74, 6) is 4.19. The summed E-state index contributed by atoms with van der Waals surface area (Å²) in [4.78, 5) is 13.4. The topological polar surface area (TPSA) is 124 Å². The molecule has 6 fully saturated rings. The van der Waals surface area contributed by atoms with Gasteiger partial charge in [0, 0.05) is 36.0 Å². The predicted molar refractivity (Wildman–Crippen MR) is 175 cm³/mol. The third-order valence-electron chi connectivity index (χ3n) is 11.4. The average Bonchev–Trinajstić information content (AvgIpc) is 3.72. The molecule has 1 saturated heterocycles. The summed E-state index contributed by atoms with van der Waals surface area (Å²) in [7, 11) is 6.24.